The highest BCUT2D eigenvalue weighted by atomic mass is 32.1. The summed E-state index contributed by atoms with van der Waals surface area (Å²) in [6, 6.07) is 0. The van der Waals surface area contributed by atoms with Crippen LogP contribution in [0.1, 0.15) is 0 Å². The molecule has 0 unspecified atom stereocenters. The van der Waals surface area contributed by atoms with Crippen LogP contribution in [0.4, 0.5) is 0 Å². The number of aromatic nitrogens is 2. The lowest BCUT2D eigenvalue weighted by atomic mass is 10.9. The highest BCUT2D eigenvalue weighted by Gasteiger charge is 1.79. The molecule has 0 atom stereocenters. The maximum absolute atomic E-state index is 10.1. The molecule has 0 bridgehead atoms. The van der Waals surface area contributed by atoms with Crippen molar-refractivity contribution in [2.45, 2.75) is 0 Å². The Hall–Kier alpha value is -0.770. The van der Waals surface area contributed by atoms with Crippen molar-refractivity contribution in [3.63, 3.8) is 0 Å². The first-order valence-corrected chi connectivity index (χ1v) is 2.91. The third-order valence-corrected chi connectivity index (χ3v) is 1.47. The van der Waals surface area contributed by atoms with Crippen molar-refractivity contribution in [3.8, 4) is 0 Å². The van der Waals surface area contributed by atoms with E-state index in [-0.39, 0.29) is 0 Å². The summed E-state index contributed by atoms with van der Waals surface area (Å²) in [5, 5.41) is 0. The average Bonchev–Trinajstić information content (AvgIpc) is 2.14. The Morgan fingerprint density at radius 1 is 1.88 bits per heavy atom. The van der Waals surface area contributed by atoms with Crippen molar-refractivity contribution in [2.75, 3.05) is 0 Å². The Morgan fingerprint density at radius 2 is 2.62 bits per heavy atom. The van der Waals surface area contributed by atoms with Crippen LogP contribution in [0.15, 0.2) is 12.4 Å². The largest absolute Gasteiger partial charge is 0.336 e. The summed E-state index contributed by atoms with van der Waals surface area (Å²) in [6.45, 7) is 0. The molecule has 44 valence electrons. The van der Waals surface area contributed by atoms with E-state index in [1.807, 2.05) is 7.05 Å². The van der Waals surface area contributed by atoms with Crippen molar-refractivity contribution in [1.29, 1.82) is 0 Å². The van der Waals surface area contributed by atoms with Gasteiger partial charge in [-0.1, -0.05) is 0 Å². The van der Waals surface area contributed by atoms with Crippen LogP contribution in [0, 0.1) is 4.77 Å². The Balaban J connectivity index is 3.54. The summed E-state index contributed by atoms with van der Waals surface area (Å²) in [6.07, 6.45) is 3.51. The van der Waals surface area contributed by atoms with Crippen molar-refractivity contribution in [3.05, 3.63) is 17.2 Å². The van der Waals surface area contributed by atoms with Gasteiger partial charge in [0, 0.05) is 19.4 Å². The molecule has 1 N–H and O–H groups in total. The molecule has 0 saturated heterocycles. The second kappa shape index (κ2) is 2.00. The normalized spacial score (nSPS) is 9.12. The van der Waals surface area contributed by atoms with Crippen molar-refractivity contribution in [2.24, 2.45) is 7.05 Å². The fourth-order valence-electron chi connectivity index (χ4n) is 0.473. The van der Waals surface area contributed by atoms with E-state index in [4.69, 9.17) is 0 Å². The third kappa shape index (κ3) is 0.742. The van der Waals surface area contributed by atoms with Crippen molar-refractivity contribution < 1.29 is 4.21 Å². The number of aryl methyl sites for hydroxylation is 1. The summed E-state index contributed by atoms with van der Waals surface area (Å²) in [7, 11) is 1.82. The van der Waals surface area contributed by atoms with Gasteiger partial charge in [0.15, 0.2) is 0 Å². The minimum atomic E-state index is 0.459. The van der Waals surface area contributed by atoms with Crippen molar-refractivity contribution in [1.82, 2.24) is 9.55 Å². The van der Waals surface area contributed by atoms with Gasteiger partial charge in [0.2, 0.25) is 4.77 Å². The van der Waals surface area contributed by atoms with Gasteiger partial charge < -0.3 is 9.55 Å². The second-order valence-corrected chi connectivity index (χ2v) is 2.01. The summed E-state index contributed by atoms with van der Waals surface area (Å²) < 4.78 is 12.4. The number of H-pyrrole nitrogens is 1. The van der Waals surface area contributed by atoms with Crippen LogP contribution in [0.2, 0.25) is 0 Å². The van der Waals surface area contributed by atoms with Gasteiger partial charge in [-0.3, -0.25) is 0 Å². The zero-order valence-electron chi connectivity index (χ0n) is 4.42. The van der Waals surface area contributed by atoms with E-state index >= 15 is 0 Å². The Kier molecular flexibility index (Phi) is 1.34. The molecule has 1 rings (SSSR count). The number of aromatic amines is 1. The van der Waals surface area contributed by atoms with Crippen LogP contribution in [-0.4, -0.2) is 13.8 Å². The highest BCUT2D eigenvalue weighted by Crippen LogP contribution is 1.78. The van der Waals surface area contributed by atoms with Crippen LogP contribution >= 0.6 is 0 Å². The molecule has 1 aromatic rings. The monoisotopic (exact) mass is 130 g/mol. The molecule has 0 aliphatic heterocycles. The summed E-state index contributed by atoms with van der Waals surface area (Å²) in [4.78, 5) is 2.77. The number of rotatable bonds is 0. The Morgan fingerprint density at radius 3 is 2.88 bits per heavy atom. The molecule has 1 aromatic heterocycles. The number of nitrogens with zero attached hydrogens (tertiary/aromatic N) is 1. The fourth-order valence-corrected chi connectivity index (χ4v) is 0.767. The molecule has 0 amide bonds. The van der Waals surface area contributed by atoms with Gasteiger partial charge in [-0.05, 0) is 0 Å². The number of hydrogen-bond donors (Lipinski definition) is 1. The molecule has 1 heterocycles. The van der Waals surface area contributed by atoms with Gasteiger partial charge in [-0.15, -0.1) is 0 Å². The number of imidazole rings is 1. The maximum atomic E-state index is 10.1. The number of hydrogen-bond acceptors (Lipinski definition) is 1. The van der Waals surface area contributed by atoms with Gasteiger partial charge in [0.1, 0.15) is 11.3 Å². The van der Waals surface area contributed by atoms with E-state index in [2.05, 4.69) is 4.98 Å². The van der Waals surface area contributed by atoms with E-state index in [0.29, 0.717) is 16.0 Å². The molecule has 8 heavy (non-hydrogen) atoms. The van der Waals surface area contributed by atoms with Crippen molar-refractivity contribution >= 4 is 11.3 Å². The third-order valence-electron chi connectivity index (χ3n) is 0.904. The lowest BCUT2D eigenvalue weighted by Crippen LogP contribution is -1.83. The molecular weight excluding hydrogens is 124 g/mol. The quantitative estimate of drug-likeness (QED) is 0.497. The fraction of sp³-hybridized carbons (Fsp3) is 0.250. The van der Waals surface area contributed by atoms with Gasteiger partial charge >= 0.3 is 0 Å². The van der Waals surface area contributed by atoms with Crippen LogP contribution in [0.5, 0.6) is 0 Å². The predicted octanol–water partition coefficient (Wildman–Crippen LogP) is 0.0982. The minimum Gasteiger partial charge on any atom is -0.336 e. The zero-order valence-corrected chi connectivity index (χ0v) is 5.23. The zero-order chi connectivity index (χ0) is 5.98. The maximum Gasteiger partial charge on any atom is 0.206 e. The van der Waals surface area contributed by atoms with E-state index < -0.39 is 0 Å². The molecule has 0 saturated carbocycles. The molecule has 0 fully saturated rings. The molecule has 0 radical (unpaired) electrons. The van der Waals surface area contributed by atoms with Gasteiger partial charge in [0.05, 0.1) is 0 Å². The summed E-state index contributed by atoms with van der Waals surface area (Å²) in [5.74, 6) is 0. The molecule has 3 nitrogen and oxygen atoms in total. The van der Waals surface area contributed by atoms with Gasteiger partial charge in [-0.25, -0.2) is 4.21 Å². The predicted molar refractivity (Wildman–Crippen MR) is 31.1 cm³/mol. The standard InChI is InChI=1S/C4H6N2OS/c1-6-3-2-5-4(6)8-7/h2-3,5H,1H3. The lowest BCUT2D eigenvalue weighted by Gasteiger charge is -1.79. The molecule has 0 aliphatic rings. The smallest absolute Gasteiger partial charge is 0.206 e. The average molecular weight is 130 g/mol. The van der Waals surface area contributed by atoms with E-state index in [1.165, 1.54) is 0 Å². The topological polar surface area (TPSA) is 37.8 Å². The Labute approximate surface area is 50.0 Å². The van der Waals surface area contributed by atoms with Gasteiger partial charge in [-0.2, -0.15) is 0 Å². The highest BCUT2D eigenvalue weighted by molar-refractivity contribution is 7.56. The first-order chi connectivity index (χ1) is 3.84. The van der Waals surface area contributed by atoms with E-state index in [9.17, 15) is 4.21 Å². The lowest BCUT2D eigenvalue weighted by molar-refractivity contribution is 0.697. The molecule has 0 spiro atoms. The summed E-state index contributed by atoms with van der Waals surface area (Å²) >= 11 is 0.459. The first-order valence-electron chi connectivity index (χ1n) is 2.17. The van der Waals surface area contributed by atoms with E-state index in [1.54, 1.807) is 17.0 Å². The van der Waals surface area contributed by atoms with Crippen LogP contribution in [-0.2, 0) is 18.3 Å². The van der Waals surface area contributed by atoms with Crippen LogP contribution < -0.4 is 0 Å². The van der Waals surface area contributed by atoms with Crippen LogP contribution in [0.25, 0.3) is 0 Å². The molecule has 0 aromatic carbocycles. The van der Waals surface area contributed by atoms with Crippen LogP contribution in [0.3, 0.4) is 0 Å². The second-order valence-electron chi connectivity index (χ2n) is 1.46. The van der Waals surface area contributed by atoms with E-state index in [0.717, 1.165) is 0 Å². The minimum absolute atomic E-state index is 0.459. The number of nitrogens with one attached hydrogen (secondary N) is 1. The van der Waals surface area contributed by atoms with Gasteiger partial charge in [0.25, 0.3) is 0 Å². The SMILES string of the molecule is Cn1cc[nH]c1=S=O. The molecule has 0 aliphatic carbocycles. The first kappa shape index (κ1) is 5.37. The molecule has 4 heteroatoms. The summed E-state index contributed by atoms with van der Waals surface area (Å²) in [5.41, 5.74) is 0. The Bertz CT molecular complexity index is 255. The molecular formula is C4H6N2OS.